The Morgan fingerprint density at radius 2 is 1.92 bits per heavy atom. The molecule has 0 aliphatic rings. The van der Waals surface area contributed by atoms with Gasteiger partial charge >= 0.3 is 12.1 Å². The first-order chi connectivity index (χ1) is 12.0. The molecular formula is C19H20N2O4. The zero-order valence-corrected chi connectivity index (χ0v) is 13.6. The molecule has 0 heterocycles. The van der Waals surface area contributed by atoms with Crippen LogP contribution in [0.3, 0.4) is 0 Å². The zero-order chi connectivity index (χ0) is 18.1. The summed E-state index contributed by atoms with van der Waals surface area (Å²) in [5, 5.41) is 11.6. The molecule has 2 rings (SSSR count). The van der Waals surface area contributed by atoms with E-state index >= 15 is 0 Å². The van der Waals surface area contributed by atoms with Gasteiger partial charge in [0.1, 0.15) is 6.61 Å². The van der Waals surface area contributed by atoms with E-state index in [9.17, 15) is 9.59 Å². The van der Waals surface area contributed by atoms with Crippen molar-refractivity contribution in [3.8, 4) is 0 Å². The maximum absolute atomic E-state index is 11.6. The van der Waals surface area contributed by atoms with E-state index in [1.807, 2.05) is 36.4 Å². The number of rotatable bonds is 7. The molecule has 130 valence electrons. The van der Waals surface area contributed by atoms with Crippen molar-refractivity contribution < 1.29 is 19.4 Å². The van der Waals surface area contributed by atoms with Gasteiger partial charge in [0, 0.05) is 12.2 Å². The molecule has 0 saturated carbocycles. The van der Waals surface area contributed by atoms with Gasteiger partial charge in [-0.3, -0.25) is 0 Å². The third-order valence-electron chi connectivity index (χ3n) is 3.33. The van der Waals surface area contributed by atoms with Crippen molar-refractivity contribution >= 4 is 23.8 Å². The lowest BCUT2D eigenvalue weighted by molar-refractivity contribution is 0.0696. The lowest BCUT2D eigenvalue weighted by atomic mass is 10.1. The molecule has 0 fully saturated rings. The van der Waals surface area contributed by atoms with Crippen LogP contribution >= 0.6 is 0 Å². The van der Waals surface area contributed by atoms with E-state index in [0.717, 1.165) is 5.56 Å². The number of amides is 1. The van der Waals surface area contributed by atoms with Gasteiger partial charge in [0.2, 0.25) is 0 Å². The summed E-state index contributed by atoms with van der Waals surface area (Å²) in [5.74, 6) is -1.02. The van der Waals surface area contributed by atoms with Crippen LogP contribution in [0, 0.1) is 0 Å². The summed E-state index contributed by atoms with van der Waals surface area (Å²) in [5.41, 5.74) is 7.83. The van der Waals surface area contributed by atoms with E-state index in [-0.39, 0.29) is 12.2 Å². The molecule has 0 unspecified atom stereocenters. The Hall–Kier alpha value is -3.28. The number of nitrogen functional groups attached to an aromatic ring is 1. The number of carbonyl (C=O) groups excluding carboxylic acids is 1. The number of carboxylic acid groups (broad SMARTS) is 1. The molecule has 6 nitrogen and oxygen atoms in total. The number of nitrogens with two attached hydrogens (primary N) is 1. The molecule has 4 N–H and O–H groups in total. The van der Waals surface area contributed by atoms with E-state index in [0.29, 0.717) is 24.2 Å². The number of carbonyl (C=O) groups is 2. The van der Waals surface area contributed by atoms with E-state index in [4.69, 9.17) is 15.6 Å². The summed E-state index contributed by atoms with van der Waals surface area (Å²) >= 11 is 0. The summed E-state index contributed by atoms with van der Waals surface area (Å²) in [6, 6.07) is 14.1. The van der Waals surface area contributed by atoms with E-state index in [1.165, 1.54) is 12.1 Å². The molecule has 0 radical (unpaired) electrons. The minimum Gasteiger partial charge on any atom is -0.478 e. The van der Waals surface area contributed by atoms with Gasteiger partial charge in [-0.1, -0.05) is 42.5 Å². The van der Waals surface area contributed by atoms with Crippen molar-refractivity contribution in [2.45, 2.75) is 13.0 Å². The predicted molar refractivity (Wildman–Crippen MR) is 96.1 cm³/mol. The van der Waals surface area contributed by atoms with E-state index in [1.54, 1.807) is 12.1 Å². The van der Waals surface area contributed by atoms with Crippen LogP contribution < -0.4 is 11.1 Å². The third kappa shape index (κ3) is 6.39. The first-order valence-corrected chi connectivity index (χ1v) is 7.79. The van der Waals surface area contributed by atoms with Gasteiger partial charge in [-0.25, -0.2) is 9.59 Å². The molecule has 1 amide bonds. The molecule has 0 bridgehead atoms. The minimum atomic E-state index is -1.02. The van der Waals surface area contributed by atoms with Gasteiger partial charge < -0.3 is 20.9 Å². The van der Waals surface area contributed by atoms with E-state index in [2.05, 4.69) is 5.32 Å². The van der Waals surface area contributed by atoms with Crippen LogP contribution in [-0.4, -0.2) is 23.7 Å². The van der Waals surface area contributed by atoms with Crippen LogP contribution in [0.5, 0.6) is 0 Å². The highest BCUT2D eigenvalue weighted by atomic mass is 16.5. The van der Waals surface area contributed by atoms with Crippen molar-refractivity contribution in [1.29, 1.82) is 0 Å². The molecule has 0 aliphatic carbocycles. The highest BCUT2D eigenvalue weighted by Gasteiger charge is 2.04. The number of carboxylic acids is 1. The Balaban J connectivity index is 1.72. The highest BCUT2D eigenvalue weighted by Crippen LogP contribution is 2.13. The number of alkyl carbamates (subject to hydrolysis) is 1. The van der Waals surface area contributed by atoms with Crippen LogP contribution in [0.2, 0.25) is 0 Å². The fourth-order valence-electron chi connectivity index (χ4n) is 2.15. The molecular weight excluding hydrogens is 320 g/mol. The van der Waals surface area contributed by atoms with Crippen LogP contribution in [0.1, 0.15) is 27.9 Å². The van der Waals surface area contributed by atoms with Gasteiger partial charge in [-0.15, -0.1) is 0 Å². The predicted octanol–water partition coefficient (Wildman–Crippen LogP) is 3.30. The lowest BCUT2D eigenvalue weighted by Crippen LogP contribution is -2.24. The maximum Gasteiger partial charge on any atom is 0.407 e. The van der Waals surface area contributed by atoms with Crippen molar-refractivity contribution in [3.63, 3.8) is 0 Å². The third-order valence-corrected chi connectivity index (χ3v) is 3.33. The van der Waals surface area contributed by atoms with E-state index < -0.39 is 12.1 Å². The maximum atomic E-state index is 11.6. The number of anilines is 1. The van der Waals surface area contributed by atoms with Gasteiger partial charge in [-0.05, 0) is 35.7 Å². The van der Waals surface area contributed by atoms with Crippen LogP contribution in [-0.2, 0) is 11.3 Å². The Morgan fingerprint density at radius 1 is 1.16 bits per heavy atom. The smallest absolute Gasteiger partial charge is 0.407 e. The first kappa shape index (κ1) is 18.1. The van der Waals surface area contributed by atoms with Gasteiger partial charge in [0.15, 0.2) is 0 Å². The second-order valence-corrected chi connectivity index (χ2v) is 5.37. The standard InChI is InChI=1S/C19H20N2O4/c20-17-11-15(10-16(12-17)18(22)23)8-4-5-9-21-19(24)25-13-14-6-2-1-3-7-14/h1-4,6-8,10-12H,5,9,13,20H2,(H,21,24)(H,22,23). The number of hydrogen-bond acceptors (Lipinski definition) is 4. The largest absolute Gasteiger partial charge is 0.478 e. The molecule has 0 spiro atoms. The summed E-state index contributed by atoms with van der Waals surface area (Å²) in [6.07, 6.45) is 3.70. The van der Waals surface area contributed by atoms with Crippen molar-refractivity contribution in [2.24, 2.45) is 0 Å². The molecule has 0 aromatic heterocycles. The SMILES string of the molecule is Nc1cc(C=CCCNC(=O)OCc2ccccc2)cc(C(=O)O)c1. The van der Waals surface area contributed by atoms with Gasteiger partial charge in [0.05, 0.1) is 5.56 Å². The van der Waals surface area contributed by atoms with Crippen molar-refractivity contribution in [2.75, 3.05) is 12.3 Å². The molecule has 25 heavy (non-hydrogen) atoms. The molecule has 0 aliphatic heterocycles. The summed E-state index contributed by atoms with van der Waals surface area (Å²) < 4.78 is 5.09. The average Bonchev–Trinajstić information content (AvgIpc) is 2.60. The number of aromatic carboxylic acids is 1. The fourth-order valence-corrected chi connectivity index (χ4v) is 2.15. The fraction of sp³-hybridized carbons (Fsp3) is 0.158. The zero-order valence-electron chi connectivity index (χ0n) is 13.6. The summed E-state index contributed by atoms with van der Waals surface area (Å²) in [6.45, 7) is 0.641. The number of ether oxygens (including phenoxy) is 1. The van der Waals surface area contributed by atoms with Gasteiger partial charge in [0.25, 0.3) is 0 Å². The lowest BCUT2D eigenvalue weighted by Gasteiger charge is -2.06. The second kappa shape index (κ2) is 9.12. The quantitative estimate of drug-likeness (QED) is 0.530. The van der Waals surface area contributed by atoms with Crippen LogP contribution in [0.15, 0.2) is 54.6 Å². The molecule has 0 saturated heterocycles. The highest BCUT2D eigenvalue weighted by molar-refractivity contribution is 5.89. The monoisotopic (exact) mass is 340 g/mol. The normalized spacial score (nSPS) is 10.6. The Labute approximate surface area is 145 Å². The summed E-state index contributed by atoms with van der Waals surface area (Å²) in [4.78, 5) is 22.6. The Bertz CT molecular complexity index is 757. The average molecular weight is 340 g/mol. The summed E-state index contributed by atoms with van der Waals surface area (Å²) in [7, 11) is 0. The van der Waals surface area contributed by atoms with Crippen LogP contribution in [0.4, 0.5) is 10.5 Å². The Morgan fingerprint density at radius 3 is 2.64 bits per heavy atom. The first-order valence-electron chi connectivity index (χ1n) is 7.79. The Kier molecular flexibility index (Phi) is 6.59. The van der Waals surface area contributed by atoms with Gasteiger partial charge in [-0.2, -0.15) is 0 Å². The van der Waals surface area contributed by atoms with Crippen LogP contribution in [0.25, 0.3) is 6.08 Å². The second-order valence-electron chi connectivity index (χ2n) is 5.37. The number of hydrogen-bond donors (Lipinski definition) is 3. The minimum absolute atomic E-state index is 0.141. The molecule has 2 aromatic carbocycles. The number of benzene rings is 2. The topological polar surface area (TPSA) is 102 Å². The molecule has 6 heteroatoms. The number of nitrogens with one attached hydrogen (secondary N) is 1. The van der Waals surface area contributed by atoms with Crippen molar-refractivity contribution in [3.05, 3.63) is 71.3 Å². The van der Waals surface area contributed by atoms with Crippen molar-refractivity contribution in [1.82, 2.24) is 5.32 Å². The molecule has 2 aromatic rings. The molecule has 0 atom stereocenters.